The molecule has 1 N–H and O–H groups in total. The van der Waals surface area contributed by atoms with Crippen molar-refractivity contribution < 1.29 is 18.7 Å². The number of nitrogens with zero attached hydrogens (tertiary/aromatic N) is 1. The predicted molar refractivity (Wildman–Crippen MR) is 52.0 cm³/mol. The Labute approximate surface area is 91.3 Å². The van der Waals surface area contributed by atoms with Crippen molar-refractivity contribution in [2.45, 2.75) is 12.2 Å². The number of likely N-dealkylation sites (tertiary alicyclic amines) is 1. The molecule has 0 atom stereocenters. The zero-order valence-corrected chi connectivity index (χ0v) is 8.41. The molecule has 1 heterocycles. The molecule has 1 aliphatic heterocycles. The maximum Gasteiger partial charge on any atom is 0.344 e. The number of rotatable bonds is 3. The van der Waals surface area contributed by atoms with Crippen LogP contribution in [0.25, 0.3) is 0 Å². The van der Waals surface area contributed by atoms with E-state index in [9.17, 15) is 13.6 Å². The standard InChI is InChI=1S/C11H10F2NO2/c12-9-3-1-2-8(4-9)5-14-6-11(13,7-14)10(15)16/h1-2,4H,5-7H2,(H,15,16). The first-order valence-electron chi connectivity index (χ1n) is 4.80. The summed E-state index contributed by atoms with van der Waals surface area (Å²) < 4.78 is 26.1. The van der Waals surface area contributed by atoms with Crippen LogP contribution in [0, 0.1) is 11.9 Å². The Morgan fingerprint density at radius 1 is 1.62 bits per heavy atom. The quantitative estimate of drug-likeness (QED) is 0.842. The van der Waals surface area contributed by atoms with Crippen LogP contribution in [0.2, 0.25) is 0 Å². The van der Waals surface area contributed by atoms with E-state index in [2.05, 4.69) is 6.07 Å². The van der Waals surface area contributed by atoms with Crippen molar-refractivity contribution >= 4 is 5.97 Å². The lowest BCUT2D eigenvalue weighted by Crippen LogP contribution is -2.62. The van der Waals surface area contributed by atoms with Gasteiger partial charge in [-0.1, -0.05) is 12.1 Å². The van der Waals surface area contributed by atoms with Crippen molar-refractivity contribution in [1.82, 2.24) is 4.90 Å². The summed E-state index contributed by atoms with van der Waals surface area (Å²) in [6.07, 6.45) is 0. The van der Waals surface area contributed by atoms with Gasteiger partial charge >= 0.3 is 5.97 Å². The highest BCUT2D eigenvalue weighted by Gasteiger charge is 2.50. The summed E-state index contributed by atoms with van der Waals surface area (Å²) in [5.41, 5.74) is -1.46. The summed E-state index contributed by atoms with van der Waals surface area (Å²) in [6.45, 7) is 0.0513. The molecular formula is C11H10F2NO2. The van der Waals surface area contributed by atoms with Crippen molar-refractivity contribution in [1.29, 1.82) is 0 Å². The monoisotopic (exact) mass is 226 g/mol. The van der Waals surface area contributed by atoms with Gasteiger partial charge in [0.05, 0.1) is 0 Å². The van der Waals surface area contributed by atoms with Gasteiger partial charge in [0.15, 0.2) is 0 Å². The van der Waals surface area contributed by atoms with Crippen LogP contribution in [0.15, 0.2) is 18.2 Å². The van der Waals surface area contributed by atoms with Gasteiger partial charge in [-0.15, -0.1) is 0 Å². The number of hydrogen-bond acceptors (Lipinski definition) is 2. The second-order valence-electron chi connectivity index (χ2n) is 3.96. The van der Waals surface area contributed by atoms with Crippen LogP contribution in [0.3, 0.4) is 0 Å². The van der Waals surface area contributed by atoms with Gasteiger partial charge in [-0.2, -0.15) is 0 Å². The zero-order chi connectivity index (χ0) is 11.8. The summed E-state index contributed by atoms with van der Waals surface area (Å²) >= 11 is 0. The number of carboxylic acid groups (broad SMARTS) is 1. The summed E-state index contributed by atoms with van der Waals surface area (Å²) in [6, 6.07) is 6.78. The van der Waals surface area contributed by atoms with E-state index >= 15 is 0 Å². The fraction of sp³-hybridized carbons (Fsp3) is 0.364. The van der Waals surface area contributed by atoms with Gasteiger partial charge < -0.3 is 5.11 Å². The topological polar surface area (TPSA) is 40.5 Å². The van der Waals surface area contributed by atoms with E-state index in [4.69, 9.17) is 5.11 Å². The first-order chi connectivity index (χ1) is 7.49. The molecule has 1 aromatic rings. The molecule has 0 saturated carbocycles. The SMILES string of the molecule is O=C(O)C1(F)CN(Cc2cc[c]c(F)c2)C1. The summed E-state index contributed by atoms with van der Waals surface area (Å²) in [5.74, 6) is -1.90. The highest BCUT2D eigenvalue weighted by atomic mass is 19.1. The Bertz CT molecular complexity index is 416. The van der Waals surface area contributed by atoms with Gasteiger partial charge in [-0.25, -0.2) is 13.6 Å². The lowest BCUT2D eigenvalue weighted by Gasteiger charge is -2.41. The van der Waals surface area contributed by atoms with Crippen LogP contribution in [-0.4, -0.2) is 34.7 Å². The summed E-state index contributed by atoms with van der Waals surface area (Å²) in [4.78, 5) is 12.1. The van der Waals surface area contributed by atoms with E-state index in [-0.39, 0.29) is 13.1 Å². The fourth-order valence-electron chi connectivity index (χ4n) is 1.75. The third-order valence-corrected chi connectivity index (χ3v) is 2.57. The molecule has 2 rings (SSSR count). The first kappa shape index (κ1) is 11.0. The number of halogens is 2. The van der Waals surface area contributed by atoms with E-state index in [1.165, 1.54) is 12.1 Å². The molecule has 0 unspecified atom stereocenters. The average Bonchev–Trinajstić information content (AvgIpc) is 2.14. The Morgan fingerprint density at radius 3 is 2.88 bits per heavy atom. The molecule has 0 bridgehead atoms. The fourth-order valence-corrected chi connectivity index (χ4v) is 1.75. The van der Waals surface area contributed by atoms with Gasteiger partial charge in [-0.3, -0.25) is 4.90 Å². The third-order valence-electron chi connectivity index (χ3n) is 2.57. The Morgan fingerprint density at radius 2 is 2.31 bits per heavy atom. The van der Waals surface area contributed by atoms with Gasteiger partial charge in [0, 0.05) is 25.7 Å². The average molecular weight is 226 g/mol. The molecule has 0 amide bonds. The first-order valence-corrected chi connectivity index (χ1v) is 4.80. The maximum atomic E-state index is 13.3. The van der Waals surface area contributed by atoms with Gasteiger partial charge in [0.25, 0.3) is 0 Å². The van der Waals surface area contributed by atoms with Gasteiger partial charge in [-0.05, 0) is 11.6 Å². The number of aliphatic carboxylic acids is 1. The maximum absolute atomic E-state index is 13.3. The molecule has 0 aliphatic carbocycles. The molecule has 5 heteroatoms. The molecule has 1 aliphatic rings. The number of carbonyl (C=O) groups is 1. The van der Waals surface area contributed by atoms with Crippen molar-refractivity contribution in [3.63, 3.8) is 0 Å². The highest BCUT2D eigenvalue weighted by molar-refractivity contribution is 5.79. The minimum atomic E-state index is -2.14. The highest BCUT2D eigenvalue weighted by Crippen LogP contribution is 2.27. The van der Waals surface area contributed by atoms with Gasteiger partial charge in [0.1, 0.15) is 5.82 Å². The molecule has 1 fully saturated rings. The molecule has 1 aromatic carbocycles. The second kappa shape index (κ2) is 3.83. The molecule has 16 heavy (non-hydrogen) atoms. The molecular weight excluding hydrogens is 216 g/mol. The normalized spacial score (nSPS) is 19.1. The van der Waals surface area contributed by atoms with Crippen molar-refractivity contribution in [2.75, 3.05) is 13.1 Å². The summed E-state index contributed by atoms with van der Waals surface area (Å²) in [5, 5.41) is 8.55. The van der Waals surface area contributed by atoms with E-state index in [0.29, 0.717) is 12.1 Å². The van der Waals surface area contributed by atoms with Crippen LogP contribution >= 0.6 is 0 Å². The Balaban J connectivity index is 1.93. The minimum absolute atomic E-state index is 0.150. The van der Waals surface area contributed by atoms with E-state index in [1.54, 1.807) is 11.0 Å². The van der Waals surface area contributed by atoms with Gasteiger partial charge in [0.2, 0.25) is 5.67 Å². The third kappa shape index (κ3) is 2.04. The minimum Gasteiger partial charge on any atom is -0.479 e. The second-order valence-corrected chi connectivity index (χ2v) is 3.96. The van der Waals surface area contributed by atoms with Crippen molar-refractivity contribution in [3.8, 4) is 0 Å². The Kier molecular flexibility index (Phi) is 2.63. The van der Waals surface area contributed by atoms with E-state index < -0.39 is 17.5 Å². The van der Waals surface area contributed by atoms with E-state index in [1.807, 2.05) is 0 Å². The van der Waals surface area contributed by atoms with Crippen molar-refractivity contribution in [2.24, 2.45) is 0 Å². The van der Waals surface area contributed by atoms with Crippen LogP contribution < -0.4 is 0 Å². The smallest absolute Gasteiger partial charge is 0.344 e. The number of benzene rings is 1. The molecule has 3 nitrogen and oxygen atoms in total. The van der Waals surface area contributed by atoms with Crippen molar-refractivity contribution in [3.05, 3.63) is 35.6 Å². The number of alkyl halides is 1. The summed E-state index contributed by atoms with van der Waals surface area (Å²) in [7, 11) is 0. The van der Waals surface area contributed by atoms with E-state index in [0.717, 1.165) is 0 Å². The Hall–Kier alpha value is -1.49. The van der Waals surface area contributed by atoms with Crippen LogP contribution in [0.5, 0.6) is 0 Å². The molecule has 0 spiro atoms. The molecule has 1 radical (unpaired) electrons. The largest absolute Gasteiger partial charge is 0.479 e. The van der Waals surface area contributed by atoms with Crippen LogP contribution in [0.4, 0.5) is 8.78 Å². The van der Waals surface area contributed by atoms with Crippen LogP contribution in [-0.2, 0) is 11.3 Å². The van der Waals surface area contributed by atoms with Crippen LogP contribution in [0.1, 0.15) is 5.56 Å². The lowest BCUT2D eigenvalue weighted by atomic mass is 9.96. The number of hydrogen-bond donors (Lipinski definition) is 1. The molecule has 0 aromatic heterocycles. The lowest BCUT2D eigenvalue weighted by molar-refractivity contribution is -0.164. The molecule has 1 saturated heterocycles. The predicted octanol–water partition coefficient (Wildman–Crippen LogP) is 1.23. The number of carboxylic acids is 1. The zero-order valence-electron chi connectivity index (χ0n) is 8.41. The molecule has 85 valence electrons.